The molecule has 3 N–H and O–H groups in total. The molecule has 0 spiro atoms. The van der Waals surface area contributed by atoms with Crippen LogP contribution in [0.15, 0.2) is 24.3 Å². The molecule has 2 atom stereocenters. The molecule has 6 heteroatoms. The highest BCUT2D eigenvalue weighted by Crippen LogP contribution is 2.20. The van der Waals surface area contributed by atoms with E-state index in [1.54, 1.807) is 12.1 Å². The number of benzene rings is 1. The number of nitrogens with one attached hydrogen (secondary N) is 2. The van der Waals surface area contributed by atoms with Crippen molar-refractivity contribution in [2.24, 2.45) is 0 Å². The number of aromatic nitrogens is 3. The van der Waals surface area contributed by atoms with Crippen molar-refractivity contribution in [3.63, 3.8) is 0 Å². The van der Waals surface area contributed by atoms with Gasteiger partial charge >= 0.3 is 0 Å². The number of carbonyl (C=O) groups excluding carboxylic acids is 1. The van der Waals surface area contributed by atoms with Crippen molar-refractivity contribution >= 4 is 5.91 Å². The minimum atomic E-state index is -0.448. The van der Waals surface area contributed by atoms with Gasteiger partial charge in [0, 0.05) is 11.1 Å². The van der Waals surface area contributed by atoms with Crippen LogP contribution < -0.4 is 5.32 Å². The van der Waals surface area contributed by atoms with E-state index in [0.29, 0.717) is 11.4 Å². The zero-order valence-electron chi connectivity index (χ0n) is 12.5. The summed E-state index contributed by atoms with van der Waals surface area (Å²) in [7, 11) is 0. The molecular formula is C16H20N4O2. The van der Waals surface area contributed by atoms with Crippen LogP contribution in [-0.4, -0.2) is 38.3 Å². The first-order valence-corrected chi connectivity index (χ1v) is 7.62. The number of aliphatic hydroxyl groups is 1. The number of rotatable bonds is 3. The third-order valence-electron chi connectivity index (χ3n) is 4.03. The average Bonchev–Trinajstić information content (AvgIpc) is 2.96. The molecule has 116 valence electrons. The van der Waals surface area contributed by atoms with Gasteiger partial charge in [-0.1, -0.05) is 25.0 Å². The zero-order valence-corrected chi connectivity index (χ0v) is 12.5. The summed E-state index contributed by atoms with van der Waals surface area (Å²) in [5, 5.41) is 19.8. The molecular weight excluding hydrogens is 280 g/mol. The first kappa shape index (κ1) is 14.7. The second kappa shape index (κ2) is 6.27. The molecule has 1 aromatic heterocycles. The van der Waals surface area contributed by atoms with Gasteiger partial charge in [-0.05, 0) is 31.9 Å². The van der Waals surface area contributed by atoms with E-state index in [9.17, 15) is 9.90 Å². The maximum absolute atomic E-state index is 12.4. The van der Waals surface area contributed by atoms with E-state index < -0.39 is 6.10 Å². The molecule has 0 aliphatic heterocycles. The molecule has 1 aliphatic carbocycles. The summed E-state index contributed by atoms with van der Waals surface area (Å²) < 4.78 is 0. The Balaban J connectivity index is 1.75. The van der Waals surface area contributed by atoms with Crippen LogP contribution >= 0.6 is 0 Å². The molecule has 1 saturated carbocycles. The SMILES string of the molecule is Cc1nc(-c2cccc(C(=O)NC3CCCCC3O)c2)n[nH]1. The first-order valence-electron chi connectivity index (χ1n) is 7.62. The highest BCUT2D eigenvalue weighted by Gasteiger charge is 2.24. The van der Waals surface area contributed by atoms with Crippen LogP contribution in [-0.2, 0) is 0 Å². The van der Waals surface area contributed by atoms with E-state index >= 15 is 0 Å². The maximum Gasteiger partial charge on any atom is 0.251 e. The second-order valence-electron chi connectivity index (χ2n) is 5.76. The Bertz CT molecular complexity index is 668. The third-order valence-corrected chi connectivity index (χ3v) is 4.03. The summed E-state index contributed by atoms with van der Waals surface area (Å²) in [6.07, 6.45) is 3.19. The largest absolute Gasteiger partial charge is 0.391 e. The van der Waals surface area contributed by atoms with Gasteiger partial charge in [0.05, 0.1) is 12.1 Å². The Kier molecular flexibility index (Phi) is 4.20. The van der Waals surface area contributed by atoms with Gasteiger partial charge in [0.2, 0.25) is 0 Å². The highest BCUT2D eigenvalue weighted by atomic mass is 16.3. The normalized spacial score (nSPS) is 21.5. The Morgan fingerprint density at radius 3 is 2.91 bits per heavy atom. The molecule has 0 bridgehead atoms. The Labute approximate surface area is 129 Å². The number of aromatic amines is 1. The van der Waals surface area contributed by atoms with Gasteiger partial charge in [-0.3, -0.25) is 9.89 Å². The molecule has 1 heterocycles. The van der Waals surface area contributed by atoms with E-state index in [2.05, 4.69) is 20.5 Å². The van der Waals surface area contributed by atoms with E-state index in [4.69, 9.17) is 0 Å². The summed E-state index contributed by atoms with van der Waals surface area (Å²) in [4.78, 5) is 16.6. The van der Waals surface area contributed by atoms with Gasteiger partial charge < -0.3 is 10.4 Å². The predicted octanol–water partition coefficient (Wildman–Crippen LogP) is 1.81. The third kappa shape index (κ3) is 3.17. The average molecular weight is 300 g/mol. The summed E-state index contributed by atoms with van der Waals surface area (Å²) >= 11 is 0. The lowest BCUT2D eigenvalue weighted by atomic mass is 9.92. The Morgan fingerprint density at radius 1 is 1.36 bits per heavy atom. The number of carbonyl (C=O) groups is 1. The monoisotopic (exact) mass is 300 g/mol. The number of aliphatic hydroxyl groups excluding tert-OH is 1. The van der Waals surface area contributed by atoms with Gasteiger partial charge in [-0.15, -0.1) is 0 Å². The first-order chi connectivity index (χ1) is 10.6. The molecule has 0 saturated heterocycles. The molecule has 1 aromatic carbocycles. The minimum absolute atomic E-state index is 0.157. The fourth-order valence-electron chi connectivity index (χ4n) is 2.80. The van der Waals surface area contributed by atoms with Crippen LogP contribution in [0.2, 0.25) is 0 Å². The number of nitrogens with zero attached hydrogens (tertiary/aromatic N) is 2. The van der Waals surface area contributed by atoms with E-state index in [1.807, 2.05) is 19.1 Å². The molecule has 6 nitrogen and oxygen atoms in total. The lowest BCUT2D eigenvalue weighted by molar-refractivity contribution is 0.0717. The van der Waals surface area contributed by atoms with Crippen molar-refractivity contribution in [2.75, 3.05) is 0 Å². The summed E-state index contributed by atoms with van der Waals surface area (Å²) in [5.74, 6) is 1.14. The minimum Gasteiger partial charge on any atom is -0.391 e. The van der Waals surface area contributed by atoms with Crippen molar-refractivity contribution in [1.29, 1.82) is 0 Å². The molecule has 1 fully saturated rings. The fourth-order valence-corrected chi connectivity index (χ4v) is 2.80. The second-order valence-corrected chi connectivity index (χ2v) is 5.76. The Morgan fingerprint density at radius 2 is 2.18 bits per heavy atom. The van der Waals surface area contributed by atoms with Gasteiger partial charge in [0.15, 0.2) is 5.82 Å². The summed E-state index contributed by atoms with van der Waals surface area (Å²) in [5.41, 5.74) is 1.35. The highest BCUT2D eigenvalue weighted by molar-refractivity contribution is 5.95. The van der Waals surface area contributed by atoms with Crippen LogP contribution in [0.3, 0.4) is 0 Å². The smallest absolute Gasteiger partial charge is 0.251 e. The van der Waals surface area contributed by atoms with Crippen molar-refractivity contribution in [1.82, 2.24) is 20.5 Å². The Hall–Kier alpha value is -2.21. The van der Waals surface area contributed by atoms with Crippen molar-refractivity contribution in [3.05, 3.63) is 35.7 Å². The molecule has 2 unspecified atom stereocenters. The number of amides is 1. The van der Waals surface area contributed by atoms with Crippen LogP contribution in [0, 0.1) is 6.92 Å². The standard InChI is InChI=1S/C16H20N4O2/c1-10-17-15(20-19-10)11-5-4-6-12(9-11)16(22)18-13-7-2-3-8-14(13)21/h4-6,9,13-14,21H,2-3,7-8H2,1H3,(H,18,22)(H,17,19,20). The van der Waals surface area contributed by atoms with Crippen molar-refractivity contribution in [3.8, 4) is 11.4 Å². The summed E-state index contributed by atoms with van der Waals surface area (Å²) in [6.45, 7) is 1.83. The van der Waals surface area contributed by atoms with Crippen LogP contribution in [0.25, 0.3) is 11.4 Å². The van der Waals surface area contributed by atoms with Gasteiger partial charge in [-0.25, -0.2) is 4.98 Å². The molecule has 0 radical (unpaired) electrons. The van der Waals surface area contributed by atoms with Gasteiger partial charge in [-0.2, -0.15) is 5.10 Å². The number of H-pyrrole nitrogens is 1. The van der Waals surface area contributed by atoms with Crippen molar-refractivity contribution < 1.29 is 9.90 Å². The van der Waals surface area contributed by atoms with Gasteiger partial charge in [0.25, 0.3) is 5.91 Å². The molecule has 1 amide bonds. The topological polar surface area (TPSA) is 90.9 Å². The molecule has 2 aromatic rings. The van der Waals surface area contributed by atoms with E-state index in [-0.39, 0.29) is 11.9 Å². The lowest BCUT2D eigenvalue weighted by Gasteiger charge is -2.28. The van der Waals surface area contributed by atoms with Crippen LogP contribution in [0.4, 0.5) is 0 Å². The quantitative estimate of drug-likeness (QED) is 0.806. The molecule has 1 aliphatic rings. The molecule has 22 heavy (non-hydrogen) atoms. The maximum atomic E-state index is 12.4. The number of aryl methyl sites for hydroxylation is 1. The van der Waals surface area contributed by atoms with Gasteiger partial charge in [0.1, 0.15) is 5.82 Å². The van der Waals surface area contributed by atoms with E-state index in [1.165, 1.54) is 0 Å². The van der Waals surface area contributed by atoms with Crippen LogP contribution in [0.5, 0.6) is 0 Å². The zero-order chi connectivity index (χ0) is 15.5. The fraction of sp³-hybridized carbons (Fsp3) is 0.438. The van der Waals surface area contributed by atoms with Crippen LogP contribution in [0.1, 0.15) is 41.9 Å². The predicted molar refractivity (Wildman–Crippen MR) is 82.3 cm³/mol. The van der Waals surface area contributed by atoms with Crippen molar-refractivity contribution in [2.45, 2.75) is 44.8 Å². The lowest BCUT2D eigenvalue weighted by Crippen LogP contribution is -2.45. The van der Waals surface area contributed by atoms with E-state index in [0.717, 1.165) is 37.1 Å². The number of hydrogen-bond donors (Lipinski definition) is 3. The molecule has 3 rings (SSSR count). The number of hydrogen-bond acceptors (Lipinski definition) is 4. The summed E-state index contributed by atoms with van der Waals surface area (Å²) in [6, 6.07) is 7.05.